The van der Waals surface area contributed by atoms with Gasteiger partial charge in [0, 0.05) is 24.0 Å². The average molecular weight is 317 g/mol. The fourth-order valence-electron chi connectivity index (χ4n) is 1.82. The first-order valence-electron chi connectivity index (χ1n) is 6.39. The Hall–Kier alpha value is -1.27. The molecular formula is C13H17ClN2O3S. The van der Waals surface area contributed by atoms with Crippen LogP contribution < -0.4 is 9.62 Å². The van der Waals surface area contributed by atoms with Crippen molar-refractivity contribution in [2.24, 2.45) is 0 Å². The van der Waals surface area contributed by atoms with Gasteiger partial charge in [-0.1, -0.05) is 11.6 Å². The molecule has 0 saturated heterocycles. The SMILES string of the molecule is CS(=O)(=O)N(CCC(=O)NC1CC1)c1ccc(Cl)cc1. The molecule has 0 spiro atoms. The van der Waals surface area contributed by atoms with E-state index >= 15 is 0 Å². The number of benzene rings is 1. The van der Waals surface area contributed by atoms with Gasteiger partial charge in [-0.2, -0.15) is 0 Å². The van der Waals surface area contributed by atoms with E-state index in [0.717, 1.165) is 19.1 Å². The predicted octanol–water partition coefficient (Wildman–Crippen LogP) is 1.77. The number of amides is 1. The summed E-state index contributed by atoms with van der Waals surface area (Å²) in [6.07, 6.45) is 3.30. The molecule has 5 nitrogen and oxygen atoms in total. The van der Waals surface area contributed by atoms with Crippen molar-refractivity contribution >= 4 is 33.2 Å². The zero-order valence-corrected chi connectivity index (χ0v) is 12.7. The van der Waals surface area contributed by atoms with Gasteiger partial charge in [-0.25, -0.2) is 8.42 Å². The molecule has 1 N–H and O–H groups in total. The smallest absolute Gasteiger partial charge is 0.232 e. The van der Waals surface area contributed by atoms with E-state index in [1.165, 1.54) is 4.31 Å². The molecule has 1 saturated carbocycles. The van der Waals surface area contributed by atoms with E-state index in [4.69, 9.17) is 11.6 Å². The van der Waals surface area contributed by atoms with Gasteiger partial charge in [0.25, 0.3) is 0 Å². The number of sulfonamides is 1. The third-order valence-corrected chi connectivity index (χ3v) is 4.45. The van der Waals surface area contributed by atoms with Gasteiger partial charge in [0.05, 0.1) is 11.9 Å². The second-order valence-electron chi connectivity index (χ2n) is 4.90. The summed E-state index contributed by atoms with van der Waals surface area (Å²) in [6.45, 7) is 0.124. The molecule has 1 aliphatic rings. The zero-order valence-electron chi connectivity index (χ0n) is 11.2. The third kappa shape index (κ3) is 4.38. The molecule has 0 atom stereocenters. The second-order valence-corrected chi connectivity index (χ2v) is 7.25. The van der Waals surface area contributed by atoms with E-state index in [2.05, 4.69) is 5.32 Å². The summed E-state index contributed by atoms with van der Waals surface area (Å²) in [4.78, 5) is 11.7. The van der Waals surface area contributed by atoms with Crippen molar-refractivity contribution < 1.29 is 13.2 Å². The van der Waals surface area contributed by atoms with Crippen molar-refractivity contribution in [3.63, 3.8) is 0 Å². The van der Waals surface area contributed by atoms with Gasteiger partial charge in [0.2, 0.25) is 15.9 Å². The number of nitrogens with one attached hydrogen (secondary N) is 1. The molecule has 1 aliphatic carbocycles. The van der Waals surface area contributed by atoms with E-state index < -0.39 is 10.0 Å². The zero-order chi connectivity index (χ0) is 14.8. The van der Waals surface area contributed by atoms with Crippen LogP contribution in [0.25, 0.3) is 0 Å². The molecule has 0 bridgehead atoms. The summed E-state index contributed by atoms with van der Waals surface area (Å²) in [6, 6.07) is 6.79. The quantitative estimate of drug-likeness (QED) is 0.870. The van der Waals surface area contributed by atoms with E-state index in [-0.39, 0.29) is 24.9 Å². The van der Waals surface area contributed by atoms with Crippen molar-refractivity contribution in [2.75, 3.05) is 17.1 Å². The number of halogens is 1. The van der Waals surface area contributed by atoms with Gasteiger partial charge in [0.15, 0.2) is 0 Å². The molecule has 110 valence electrons. The minimum absolute atomic E-state index is 0.116. The Morgan fingerprint density at radius 1 is 1.35 bits per heavy atom. The van der Waals surface area contributed by atoms with Crippen LogP contribution in [0.15, 0.2) is 24.3 Å². The molecule has 1 fully saturated rings. The molecule has 1 aromatic carbocycles. The van der Waals surface area contributed by atoms with E-state index in [9.17, 15) is 13.2 Å². The highest BCUT2D eigenvalue weighted by Gasteiger charge is 2.24. The third-order valence-electron chi connectivity index (χ3n) is 3.00. The number of carbonyl (C=O) groups is 1. The molecular weight excluding hydrogens is 300 g/mol. The minimum atomic E-state index is -3.43. The number of carbonyl (C=O) groups excluding carboxylic acids is 1. The average Bonchev–Trinajstić information content (AvgIpc) is 3.14. The molecule has 0 heterocycles. The van der Waals surface area contributed by atoms with Crippen LogP contribution in [0.4, 0.5) is 5.69 Å². The lowest BCUT2D eigenvalue weighted by molar-refractivity contribution is -0.121. The highest BCUT2D eigenvalue weighted by atomic mass is 35.5. The number of hydrogen-bond acceptors (Lipinski definition) is 3. The van der Waals surface area contributed by atoms with Gasteiger partial charge in [-0.15, -0.1) is 0 Å². The Kier molecular flexibility index (Phi) is 4.55. The summed E-state index contributed by atoms with van der Waals surface area (Å²) in [5.74, 6) is -0.116. The van der Waals surface area contributed by atoms with Gasteiger partial charge >= 0.3 is 0 Å². The normalized spacial score (nSPS) is 14.9. The van der Waals surface area contributed by atoms with Crippen LogP contribution in [0.1, 0.15) is 19.3 Å². The molecule has 0 radical (unpaired) electrons. The van der Waals surface area contributed by atoms with Crippen molar-refractivity contribution in [3.8, 4) is 0 Å². The lowest BCUT2D eigenvalue weighted by atomic mass is 10.3. The van der Waals surface area contributed by atoms with Crippen LogP contribution >= 0.6 is 11.6 Å². The topological polar surface area (TPSA) is 66.5 Å². The molecule has 0 aliphatic heterocycles. The molecule has 0 unspecified atom stereocenters. The lowest BCUT2D eigenvalue weighted by Crippen LogP contribution is -2.35. The van der Waals surface area contributed by atoms with Crippen LogP contribution in [0.2, 0.25) is 5.02 Å². The van der Waals surface area contributed by atoms with Crippen molar-refractivity contribution in [1.82, 2.24) is 5.32 Å². The fourth-order valence-corrected chi connectivity index (χ4v) is 2.88. The Bertz CT molecular complexity index is 582. The fraction of sp³-hybridized carbons (Fsp3) is 0.462. The van der Waals surface area contributed by atoms with Gasteiger partial charge in [-0.3, -0.25) is 9.10 Å². The van der Waals surface area contributed by atoms with Crippen LogP contribution in [-0.2, 0) is 14.8 Å². The van der Waals surface area contributed by atoms with Crippen molar-refractivity contribution in [1.29, 1.82) is 0 Å². The van der Waals surface area contributed by atoms with Crippen LogP contribution in [-0.4, -0.2) is 33.2 Å². The maximum absolute atomic E-state index is 11.8. The summed E-state index contributed by atoms with van der Waals surface area (Å²) >= 11 is 5.79. The van der Waals surface area contributed by atoms with Gasteiger partial charge in [-0.05, 0) is 37.1 Å². The molecule has 7 heteroatoms. The summed E-state index contributed by atoms with van der Waals surface area (Å²) in [7, 11) is -3.43. The van der Waals surface area contributed by atoms with Crippen molar-refractivity contribution in [2.45, 2.75) is 25.3 Å². The largest absolute Gasteiger partial charge is 0.353 e. The second kappa shape index (κ2) is 6.01. The van der Waals surface area contributed by atoms with Gasteiger partial charge < -0.3 is 5.32 Å². The minimum Gasteiger partial charge on any atom is -0.353 e. The van der Waals surface area contributed by atoms with E-state index in [0.29, 0.717) is 10.7 Å². The number of hydrogen-bond donors (Lipinski definition) is 1. The molecule has 20 heavy (non-hydrogen) atoms. The maximum atomic E-state index is 11.8. The number of anilines is 1. The Balaban J connectivity index is 2.04. The highest BCUT2D eigenvalue weighted by Crippen LogP contribution is 2.21. The first-order chi connectivity index (χ1) is 9.36. The number of rotatable bonds is 6. The summed E-state index contributed by atoms with van der Waals surface area (Å²) in [5, 5.41) is 3.38. The van der Waals surface area contributed by atoms with E-state index in [1.54, 1.807) is 24.3 Å². The molecule has 0 aromatic heterocycles. The summed E-state index contributed by atoms with van der Waals surface area (Å²) in [5.41, 5.74) is 0.510. The van der Waals surface area contributed by atoms with Crippen LogP contribution in [0.3, 0.4) is 0 Å². The standard InChI is InChI=1S/C13H17ClN2O3S/c1-20(18,19)16(12-6-2-10(14)3-7-12)9-8-13(17)15-11-4-5-11/h2-3,6-7,11H,4-5,8-9H2,1H3,(H,15,17). The number of nitrogens with zero attached hydrogens (tertiary/aromatic N) is 1. The van der Waals surface area contributed by atoms with Crippen LogP contribution in [0, 0.1) is 0 Å². The van der Waals surface area contributed by atoms with E-state index in [1.807, 2.05) is 0 Å². The summed E-state index contributed by atoms with van der Waals surface area (Å²) < 4.78 is 24.9. The van der Waals surface area contributed by atoms with Crippen molar-refractivity contribution in [3.05, 3.63) is 29.3 Å². The Morgan fingerprint density at radius 2 is 1.95 bits per heavy atom. The predicted molar refractivity (Wildman–Crippen MR) is 79.4 cm³/mol. The van der Waals surface area contributed by atoms with Gasteiger partial charge in [0.1, 0.15) is 0 Å². The van der Waals surface area contributed by atoms with Crippen LogP contribution in [0.5, 0.6) is 0 Å². The first kappa shape index (κ1) is 15.1. The molecule has 2 rings (SSSR count). The maximum Gasteiger partial charge on any atom is 0.232 e. The lowest BCUT2D eigenvalue weighted by Gasteiger charge is -2.22. The molecule has 1 amide bonds. The Morgan fingerprint density at radius 3 is 2.45 bits per heavy atom. The highest BCUT2D eigenvalue weighted by molar-refractivity contribution is 7.92. The Labute approximate surface area is 124 Å². The first-order valence-corrected chi connectivity index (χ1v) is 8.61. The monoisotopic (exact) mass is 316 g/mol. The molecule has 1 aromatic rings.